The van der Waals surface area contributed by atoms with Gasteiger partial charge in [0.05, 0.1) is 18.3 Å². The Morgan fingerprint density at radius 3 is 2.41 bits per heavy atom. The van der Waals surface area contributed by atoms with Gasteiger partial charge in [-0.3, -0.25) is 9.36 Å². The molecule has 0 spiro atoms. The lowest BCUT2D eigenvalue weighted by Gasteiger charge is -2.35. The average molecular weight is 518 g/mol. The molecule has 9 nitrogen and oxygen atoms in total. The molecule has 4 N–H and O–H groups in total. The van der Waals surface area contributed by atoms with E-state index in [9.17, 15) is 23.1 Å². The summed E-state index contributed by atoms with van der Waals surface area (Å²) >= 11 is 0. The fraction of sp³-hybridized carbons (Fsp3) is 0.520. The summed E-state index contributed by atoms with van der Waals surface area (Å²) < 4.78 is 44.2. The number of nitrogens with two attached hydrogens (primary N) is 1. The minimum atomic E-state index is -1.09. The number of aliphatic hydroxyl groups is 1. The van der Waals surface area contributed by atoms with Gasteiger partial charge >= 0.3 is 0 Å². The van der Waals surface area contributed by atoms with E-state index in [0.717, 1.165) is 19.3 Å². The van der Waals surface area contributed by atoms with Crippen molar-refractivity contribution in [3.8, 4) is 0 Å². The van der Waals surface area contributed by atoms with Gasteiger partial charge in [-0.15, -0.1) is 0 Å². The molecule has 0 radical (unpaired) electrons. The topological polar surface area (TPSA) is 122 Å². The Hall–Kier alpha value is -3.41. The van der Waals surface area contributed by atoms with Gasteiger partial charge in [0.25, 0.3) is 0 Å². The fourth-order valence-corrected chi connectivity index (χ4v) is 5.57. The van der Waals surface area contributed by atoms with Crippen molar-refractivity contribution in [2.45, 2.75) is 69.6 Å². The lowest BCUT2D eigenvalue weighted by atomic mass is 9.85. The molecule has 2 fully saturated rings. The smallest absolute Gasteiger partial charge is 0.227 e. The molecule has 2 atom stereocenters. The lowest BCUT2D eigenvalue weighted by Crippen LogP contribution is -2.44. The molecule has 5 rings (SSSR count). The van der Waals surface area contributed by atoms with Crippen LogP contribution in [0.15, 0.2) is 18.3 Å². The second kappa shape index (κ2) is 10.2. The van der Waals surface area contributed by atoms with Crippen molar-refractivity contribution in [2.24, 2.45) is 11.7 Å². The summed E-state index contributed by atoms with van der Waals surface area (Å²) in [6.07, 6.45) is 6.82. The molecule has 0 bridgehead atoms. The Kier molecular flexibility index (Phi) is 6.93. The maximum Gasteiger partial charge on any atom is 0.227 e. The van der Waals surface area contributed by atoms with Gasteiger partial charge in [-0.05, 0) is 38.5 Å². The molecule has 2 aliphatic rings. The summed E-state index contributed by atoms with van der Waals surface area (Å²) in [6, 6.07) is 0.883. The normalized spacial score (nSPS) is 24.2. The minimum Gasteiger partial charge on any atom is -0.391 e. The Balaban J connectivity index is 1.56. The Bertz CT molecular complexity index is 1290. The Morgan fingerprint density at radius 2 is 1.76 bits per heavy atom. The van der Waals surface area contributed by atoms with Gasteiger partial charge in [-0.1, -0.05) is 12.8 Å². The van der Waals surface area contributed by atoms with Crippen LogP contribution in [0.2, 0.25) is 0 Å². The van der Waals surface area contributed by atoms with Crippen molar-refractivity contribution in [3.05, 3.63) is 35.8 Å². The van der Waals surface area contributed by atoms with Gasteiger partial charge in [-0.2, -0.15) is 4.98 Å². The maximum absolute atomic E-state index is 14.5. The van der Waals surface area contributed by atoms with Crippen molar-refractivity contribution < 1.29 is 23.1 Å². The van der Waals surface area contributed by atoms with E-state index >= 15 is 0 Å². The number of hydrogen-bond donors (Lipinski definition) is 3. The first-order valence-electron chi connectivity index (χ1n) is 12.6. The van der Waals surface area contributed by atoms with E-state index in [1.54, 1.807) is 4.57 Å². The maximum atomic E-state index is 14.5. The quantitative estimate of drug-likeness (QED) is 0.453. The zero-order chi connectivity index (χ0) is 26.3. The van der Waals surface area contributed by atoms with E-state index in [1.807, 2.05) is 11.9 Å². The number of halogens is 3. The van der Waals surface area contributed by atoms with Crippen LogP contribution in [-0.2, 0) is 4.79 Å². The molecule has 2 aromatic heterocycles. The van der Waals surface area contributed by atoms with Crippen molar-refractivity contribution in [1.82, 2.24) is 19.5 Å². The summed E-state index contributed by atoms with van der Waals surface area (Å²) in [4.78, 5) is 27.3. The number of rotatable bonds is 6. The fourth-order valence-electron chi connectivity index (χ4n) is 5.57. The van der Waals surface area contributed by atoms with Gasteiger partial charge in [0, 0.05) is 31.1 Å². The third-order valence-corrected chi connectivity index (χ3v) is 7.63. The van der Waals surface area contributed by atoms with Crippen LogP contribution < -0.4 is 16.0 Å². The van der Waals surface area contributed by atoms with Crippen LogP contribution >= 0.6 is 0 Å². The highest BCUT2D eigenvalue weighted by molar-refractivity contribution is 5.78. The summed E-state index contributed by atoms with van der Waals surface area (Å²) in [5, 5.41) is 13.2. The number of primary amides is 1. The molecule has 1 amide bonds. The minimum absolute atomic E-state index is 0.131. The molecule has 0 aliphatic heterocycles. The number of anilines is 3. The van der Waals surface area contributed by atoms with Gasteiger partial charge < -0.3 is 21.1 Å². The number of nitrogens with one attached hydrogen (secondary N) is 1. The molecule has 0 unspecified atom stereocenters. The van der Waals surface area contributed by atoms with Crippen molar-refractivity contribution in [3.63, 3.8) is 0 Å². The summed E-state index contributed by atoms with van der Waals surface area (Å²) in [5.41, 5.74) is 5.84. The number of aliphatic hydroxyl groups excluding tert-OH is 1. The van der Waals surface area contributed by atoms with Crippen LogP contribution in [0.3, 0.4) is 0 Å². The van der Waals surface area contributed by atoms with E-state index in [4.69, 9.17) is 10.7 Å². The number of carbonyl (C=O) groups is 1. The van der Waals surface area contributed by atoms with Crippen LogP contribution in [0.4, 0.5) is 30.8 Å². The summed E-state index contributed by atoms with van der Waals surface area (Å²) in [5.74, 6) is -3.26. The molecule has 2 aliphatic carbocycles. The van der Waals surface area contributed by atoms with Crippen LogP contribution in [0.25, 0.3) is 11.2 Å². The average Bonchev–Trinajstić information content (AvgIpc) is 3.23. The molecule has 2 saturated carbocycles. The first kappa shape index (κ1) is 25.2. The number of imidazole rings is 1. The summed E-state index contributed by atoms with van der Waals surface area (Å²) in [7, 11) is 1.83. The third-order valence-electron chi connectivity index (χ3n) is 7.63. The van der Waals surface area contributed by atoms with Crippen molar-refractivity contribution >= 4 is 34.7 Å². The van der Waals surface area contributed by atoms with Gasteiger partial charge in [0.2, 0.25) is 17.8 Å². The SMILES string of the molecule is CN(c1ncc2nc(Nc3c(F)cc(F)cc3F)n([C@H]3CC[C@H](C(N)=O)CC3)c2n1)[C@H]1CCCC[C@@H]1O. The number of fused-ring (bicyclic) bond motifs is 1. The number of hydrogen-bond acceptors (Lipinski definition) is 7. The molecule has 37 heavy (non-hydrogen) atoms. The number of benzene rings is 1. The first-order chi connectivity index (χ1) is 17.7. The van der Waals surface area contributed by atoms with Crippen LogP contribution in [0, 0.1) is 23.4 Å². The predicted molar refractivity (Wildman–Crippen MR) is 132 cm³/mol. The van der Waals surface area contributed by atoms with E-state index in [0.29, 0.717) is 61.3 Å². The first-order valence-corrected chi connectivity index (χ1v) is 12.6. The lowest BCUT2D eigenvalue weighted by molar-refractivity contribution is -0.122. The molecule has 2 heterocycles. The van der Waals surface area contributed by atoms with Crippen molar-refractivity contribution in [1.29, 1.82) is 0 Å². The predicted octanol–water partition coefficient (Wildman–Crippen LogP) is 3.94. The van der Waals surface area contributed by atoms with Gasteiger partial charge in [-0.25, -0.2) is 23.1 Å². The molecular weight excluding hydrogens is 487 g/mol. The van der Waals surface area contributed by atoms with E-state index in [2.05, 4.69) is 15.3 Å². The van der Waals surface area contributed by atoms with Crippen LogP contribution in [-0.4, -0.2) is 49.7 Å². The Labute approximate surface area is 211 Å². The molecule has 1 aromatic carbocycles. The summed E-state index contributed by atoms with van der Waals surface area (Å²) in [6.45, 7) is 0. The highest BCUT2D eigenvalue weighted by Gasteiger charge is 2.31. The van der Waals surface area contributed by atoms with E-state index < -0.39 is 29.2 Å². The number of nitrogens with zero attached hydrogens (tertiary/aromatic N) is 5. The molecule has 12 heteroatoms. The molecular formula is C25H30F3N7O2. The largest absolute Gasteiger partial charge is 0.391 e. The molecule has 3 aromatic rings. The number of likely N-dealkylation sites (N-methyl/N-ethyl adjacent to an activating group) is 1. The highest BCUT2D eigenvalue weighted by Crippen LogP contribution is 2.38. The second-order valence-electron chi connectivity index (χ2n) is 9.99. The molecule has 0 saturated heterocycles. The van der Waals surface area contributed by atoms with Gasteiger partial charge in [0.15, 0.2) is 17.3 Å². The Morgan fingerprint density at radius 1 is 1.08 bits per heavy atom. The van der Waals surface area contributed by atoms with E-state index in [1.165, 1.54) is 6.20 Å². The zero-order valence-corrected chi connectivity index (χ0v) is 20.5. The van der Waals surface area contributed by atoms with Crippen LogP contribution in [0.5, 0.6) is 0 Å². The molecule has 198 valence electrons. The highest BCUT2D eigenvalue weighted by atomic mass is 19.1. The van der Waals surface area contributed by atoms with Crippen molar-refractivity contribution in [2.75, 3.05) is 17.3 Å². The monoisotopic (exact) mass is 517 g/mol. The number of carbonyl (C=O) groups excluding carboxylic acids is 1. The number of aromatic nitrogens is 4. The van der Waals surface area contributed by atoms with Gasteiger partial charge in [0.1, 0.15) is 17.0 Å². The number of amides is 1. The second-order valence-corrected chi connectivity index (χ2v) is 9.99. The van der Waals surface area contributed by atoms with E-state index in [-0.39, 0.29) is 29.9 Å². The van der Waals surface area contributed by atoms with Crippen LogP contribution in [0.1, 0.15) is 57.4 Å². The standard InChI is InChI=1S/C25H30F3N7O2/c1-34(19-4-2-3-5-20(19)36)24-30-12-18-23(33-24)35(15-8-6-13(7-9-15)22(29)37)25(31-18)32-21-16(27)10-14(26)11-17(21)28/h10-13,15,19-20,36H,2-9H2,1H3,(H2,29,37)(H,31,32)/t13-,15-,19-,20-/m0/s1. The third kappa shape index (κ3) is 4.94. The zero-order valence-electron chi connectivity index (χ0n) is 20.5.